The predicted octanol–water partition coefficient (Wildman–Crippen LogP) is 18.3. The Balaban J connectivity index is 4.34. The lowest BCUT2D eigenvalue weighted by Crippen LogP contribution is -2.42. The van der Waals surface area contributed by atoms with Gasteiger partial charge in [-0.3, -0.25) is 19.8 Å². The molecule has 0 bridgehead atoms. The summed E-state index contributed by atoms with van der Waals surface area (Å²) in [5.74, 6) is -0.696. The summed E-state index contributed by atoms with van der Waals surface area (Å²) >= 11 is 0. The van der Waals surface area contributed by atoms with Crippen molar-refractivity contribution < 1.29 is 28.6 Å². The molecular formula is C62H116N2O6. The number of nitrogens with one attached hydrogen (secondary N) is 1. The zero-order chi connectivity index (χ0) is 50.7. The van der Waals surface area contributed by atoms with Gasteiger partial charge in [-0.25, -0.2) is 5.01 Å². The van der Waals surface area contributed by atoms with Gasteiger partial charge < -0.3 is 14.2 Å². The number of hydrogen-bond acceptors (Lipinski definition) is 8. The van der Waals surface area contributed by atoms with E-state index in [4.69, 9.17) is 14.2 Å². The summed E-state index contributed by atoms with van der Waals surface area (Å²) < 4.78 is 16.7. The Morgan fingerprint density at radius 2 is 0.543 bits per heavy atom. The fourth-order valence-electron chi connectivity index (χ4n) is 8.68. The van der Waals surface area contributed by atoms with Gasteiger partial charge in [-0.2, -0.15) is 0 Å². The summed E-state index contributed by atoms with van der Waals surface area (Å²) in [6.45, 7) is 9.30. The maximum absolute atomic E-state index is 12.7. The molecule has 0 aliphatic carbocycles. The van der Waals surface area contributed by atoms with Gasteiger partial charge in [0.25, 0.3) is 0 Å². The summed E-state index contributed by atoms with van der Waals surface area (Å²) in [7, 11) is 0. The minimum absolute atomic E-state index is 0.212. The van der Waals surface area contributed by atoms with E-state index in [1.165, 1.54) is 225 Å². The number of hydrogen-bond donors (Lipinski definition) is 1. The second kappa shape index (κ2) is 59.1. The first-order valence-electron chi connectivity index (χ1n) is 30.4. The van der Waals surface area contributed by atoms with Crippen molar-refractivity contribution in [2.24, 2.45) is 0 Å². The molecule has 0 fully saturated rings. The molecule has 0 aliphatic heterocycles. The molecule has 0 atom stereocenters. The molecule has 0 heterocycles. The highest BCUT2D eigenvalue weighted by atomic mass is 16.5. The molecule has 0 radical (unpaired) electrons. The lowest BCUT2D eigenvalue weighted by Gasteiger charge is -2.22. The second-order valence-corrected chi connectivity index (χ2v) is 20.3. The molecule has 1 N–H and O–H groups in total. The molecule has 0 aromatic rings. The van der Waals surface area contributed by atoms with E-state index in [0.29, 0.717) is 39.5 Å². The first-order chi connectivity index (χ1) is 34.5. The molecule has 0 aromatic heterocycles. The standard InChI is InChI=1S/C62H116N2O6/c1-4-7-10-13-16-19-22-25-28-31-34-36-39-42-45-48-57-68-60(65)51-54-63-64(55-52-61(66)69-58-49-46-43-40-37-33-30-27-24-21-18-15-12-9-6-3)56-53-62(67)70-59-50-47-44-41-38-35-32-29-26-23-20-17-14-11-8-5-2/h24-29,63H,4-23,30-59H2,1-3H3/b27-24-,28-25-,29-26-. The highest BCUT2D eigenvalue weighted by molar-refractivity contribution is 5.70. The molecule has 8 nitrogen and oxygen atoms in total. The molecular weight excluding hydrogens is 869 g/mol. The molecule has 0 saturated carbocycles. The van der Waals surface area contributed by atoms with E-state index in [1.54, 1.807) is 0 Å². The molecule has 0 rings (SSSR count). The van der Waals surface area contributed by atoms with Crippen molar-refractivity contribution in [3.8, 4) is 0 Å². The Morgan fingerprint density at radius 3 is 0.814 bits per heavy atom. The summed E-state index contributed by atoms with van der Waals surface area (Å²) in [5, 5.41) is 1.85. The van der Waals surface area contributed by atoms with Gasteiger partial charge in [0.15, 0.2) is 0 Å². The number of carbonyl (C=O) groups is 3. The molecule has 0 amide bonds. The Bertz CT molecular complexity index is 1190. The van der Waals surface area contributed by atoms with E-state index in [2.05, 4.69) is 62.7 Å². The molecule has 0 saturated heterocycles. The lowest BCUT2D eigenvalue weighted by molar-refractivity contribution is -0.146. The van der Waals surface area contributed by atoms with E-state index in [9.17, 15) is 14.4 Å². The van der Waals surface area contributed by atoms with Gasteiger partial charge in [0.05, 0.1) is 39.1 Å². The van der Waals surface area contributed by atoms with Crippen LogP contribution in [0.15, 0.2) is 36.5 Å². The number of unbranched alkanes of at least 4 members (excludes halogenated alkanes) is 35. The van der Waals surface area contributed by atoms with Crippen molar-refractivity contribution in [3.05, 3.63) is 36.5 Å². The molecule has 410 valence electrons. The third-order valence-corrected chi connectivity index (χ3v) is 13.3. The van der Waals surface area contributed by atoms with Gasteiger partial charge in [-0.05, 0) is 96.3 Å². The van der Waals surface area contributed by atoms with E-state index in [-0.39, 0.29) is 37.2 Å². The molecule has 0 spiro atoms. The SMILES string of the molecule is CCCCCCC/C=C\CCCCCCCCOC(=O)CCN(CCC(=O)OCCCCCCCC/C=C\CCCCCCCC)NCCC(=O)OCCCCCCCC/C=C\CCCCCCCC. The first-order valence-corrected chi connectivity index (χ1v) is 30.4. The highest BCUT2D eigenvalue weighted by Gasteiger charge is 2.13. The van der Waals surface area contributed by atoms with E-state index in [1.807, 2.05) is 5.01 Å². The van der Waals surface area contributed by atoms with Crippen molar-refractivity contribution in [3.63, 3.8) is 0 Å². The molecule has 0 unspecified atom stereocenters. The lowest BCUT2D eigenvalue weighted by atomic mass is 10.1. The van der Waals surface area contributed by atoms with Crippen molar-refractivity contribution >= 4 is 17.9 Å². The maximum Gasteiger partial charge on any atom is 0.307 e. The summed E-state index contributed by atoms with van der Waals surface area (Å²) in [6, 6.07) is 0. The quantitative estimate of drug-likeness (QED) is 0.0212. The monoisotopic (exact) mass is 985 g/mol. The Labute approximate surface area is 434 Å². The van der Waals surface area contributed by atoms with Crippen LogP contribution in [0.3, 0.4) is 0 Å². The van der Waals surface area contributed by atoms with Crippen LogP contribution in [0.5, 0.6) is 0 Å². The van der Waals surface area contributed by atoms with E-state index in [0.717, 1.165) is 38.5 Å². The Kier molecular flexibility index (Phi) is 57.0. The van der Waals surface area contributed by atoms with Gasteiger partial charge in [-0.15, -0.1) is 0 Å². The normalized spacial score (nSPS) is 11.8. The summed E-state index contributed by atoms with van der Waals surface area (Å²) in [4.78, 5) is 37.9. The van der Waals surface area contributed by atoms with Crippen LogP contribution in [0.25, 0.3) is 0 Å². The highest BCUT2D eigenvalue weighted by Crippen LogP contribution is 2.14. The molecule has 70 heavy (non-hydrogen) atoms. The number of carbonyl (C=O) groups excluding carboxylic acids is 3. The maximum atomic E-state index is 12.7. The molecule has 0 aromatic carbocycles. The van der Waals surface area contributed by atoms with Crippen LogP contribution in [0.2, 0.25) is 0 Å². The van der Waals surface area contributed by atoms with Crippen LogP contribution < -0.4 is 5.43 Å². The van der Waals surface area contributed by atoms with Crippen molar-refractivity contribution in [1.29, 1.82) is 0 Å². The van der Waals surface area contributed by atoms with Crippen LogP contribution in [-0.2, 0) is 28.6 Å². The van der Waals surface area contributed by atoms with Crippen molar-refractivity contribution in [1.82, 2.24) is 10.4 Å². The summed E-state index contributed by atoms with van der Waals surface area (Å²) in [5.41, 5.74) is 3.27. The minimum Gasteiger partial charge on any atom is -0.466 e. The number of ether oxygens (including phenoxy) is 3. The van der Waals surface area contributed by atoms with Crippen LogP contribution in [-0.4, -0.2) is 62.4 Å². The van der Waals surface area contributed by atoms with E-state index < -0.39 is 0 Å². The largest absolute Gasteiger partial charge is 0.466 e. The second-order valence-electron chi connectivity index (χ2n) is 20.3. The Morgan fingerprint density at radius 1 is 0.314 bits per heavy atom. The van der Waals surface area contributed by atoms with Crippen LogP contribution in [0.4, 0.5) is 0 Å². The van der Waals surface area contributed by atoms with Crippen LogP contribution >= 0.6 is 0 Å². The van der Waals surface area contributed by atoms with E-state index >= 15 is 0 Å². The molecule has 8 heteroatoms. The van der Waals surface area contributed by atoms with Crippen LogP contribution in [0, 0.1) is 0 Å². The van der Waals surface area contributed by atoms with Gasteiger partial charge in [0.1, 0.15) is 0 Å². The number of hydrazine groups is 1. The first kappa shape index (κ1) is 67.5. The number of nitrogens with zero attached hydrogens (tertiary/aromatic N) is 1. The fourth-order valence-corrected chi connectivity index (χ4v) is 8.68. The van der Waals surface area contributed by atoms with Crippen molar-refractivity contribution in [2.45, 2.75) is 303 Å². The van der Waals surface area contributed by atoms with Crippen LogP contribution in [0.1, 0.15) is 303 Å². The third-order valence-electron chi connectivity index (χ3n) is 13.3. The average molecular weight is 986 g/mol. The zero-order valence-electron chi connectivity index (χ0n) is 46.7. The number of allylic oxidation sites excluding steroid dienone is 6. The number of esters is 3. The Hall–Kier alpha value is -2.45. The average Bonchev–Trinajstić information content (AvgIpc) is 3.36. The number of rotatable bonds is 57. The van der Waals surface area contributed by atoms with Gasteiger partial charge in [-0.1, -0.05) is 224 Å². The fraction of sp³-hybridized carbons (Fsp3) is 0.855. The minimum atomic E-state index is -0.235. The predicted molar refractivity (Wildman–Crippen MR) is 300 cm³/mol. The topological polar surface area (TPSA) is 94.2 Å². The van der Waals surface area contributed by atoms with Crippen molar-refractivity contribution in [2.75, 3.05) is 39.5 Å². The zero-order valence-corrected chi connectivity index (χ0v) is 46.7. The molecule has 0 aliphatic rings. The van der Waals surface area contributed by atoms with Gasteiger partial charge >= 0.3 is 17.9 Å². The third kappa shape index (κ3) is 56.5. The van der Waals surface area contributed by atoms with Gasteiger partial charge in [0, 0.05) is 19.6 Å². The van der Waals surface area contributed by atoms with Gasteiger partial charge in [0.2, 0.25) is 0 Å². The summed E-state index contributed by atoms with van der Waals surface area (Å²) in [6.07, 6.45) is 65.7. The smallest absolute Gasteiger partial charge is 0.307 e.